The van der Waals surface area contributed by atoms with Crippen molar-refractivity contribution < 1.29 is 9.84 Å². The fourth-order valence-corrected chi connectivity index (χ4v) is 3.12. The van der Waals surface area contributed by atoms with E-state index >= 15 is 0 Å². The molecular formula is C21H26N2O2. The number of ether oxygens (including phenoxy) is 1. The molecule has 0 aliphatic rings. The highest BCUT2D eigenvalue weighted by atomic mass is 16.5. The van der Waals surface area contributed by atoms with Crippen LogP contribution in [-0.2, 0) is 6.54 Å². The van der Waals surface area contributed by atoms with Gasteiger partial charge in [-0.05, 0) is 49.1 Å². The molecule has 132 valence electrons. The molecule has 3 rings (SSSR count). The van der Waals surface area contributed by atoms with Gasteiger partial charge in [0.2, 0.25) is 0 Å². The Balaban J connectivity index is 1.72. The van der Waals surface area contributed by atoms with Gasteiger partial charge in [0.25, 0.3) is 0 Å². The van der Waals surface area contributed by atoms with Gasteiger partial charge in [-0.3, -0.25) is 0 Å². The number of hydrogen-bond donors (Lipinski definition) is 1. The van der Waals surface area contributed by atoms with Crippen molar-refractivity contribution in [3.05, 3.63) is 59.4 Å². The van der Waals surface area contributed by atoms with E-state index in [1.54, 1.807) is 0 Å². The van der Waals surface area contributed by atoms with Crippen LogP contribution in [0.25, 0.3) is 11.0 Å². The van der Waals surface area contributed by atoms with Crippen molar-refractivity contribution in [2.24, 2.45) is 0 Å². The van der Waals surface area contributed by atoms with Gasteiger partial charge < -0.3 is 14.4 Å². The molecule has 0 aliphatic heterocycles. The average Bonchev–Trinajstić information content (AvgIpc) is 2.88. The Hall–Kier alpha value is -2.33. The van der Waals surface area contributed by atoms with E-state index < -0.39 is 6.10 Å². The molecule has 2 aromatic carbocycles. The lowest BCUT2D eigenvalue weighted by molar-refractivity contribution is 0.0923. The Kier molecular flexibility index (Phi) is 5.09. The average molecular weight is 338 g/mol. The SMILES string of the molecule is Cc1ccc(C(C)C)c(OC[C@H](O)Cn2c(C)nc3ccccc32)c1. The minimum atomic E-state index is -0.600. The van der Waals surface area contributed by atoms with Crippen molar-refractivity contribution in [1.29, 1.82) is 0 Å². The summed E-state index contributed by atoms with van der Waals surface area (Å²) in [5.41, 5.74) is 4.32. The molecule has 4 heteroatoms. The number of aliphatic hydroxyl groups is 1. The van der Waals surface area contributed by atoms with E-state index in [-0.39, 0.29) is 6.61 Å². The lowest BCUT2D eigenvalue weighted by Crippen LogP contribution is -2.24. The zero-order valence-corrected chi connectivity index (χ0v) is 15.4. The molecule has 3 aromatic rings. The standard InChI is InChI=1S/C21H26N2O2/c1-14(2)18-10-9-15(3)11-21(18)25-13-17(24)12-23-16(4)22-19-7-5-6-8-20(19)23/h5-11,14,17,24H,12-13H2,1-4H3/t17-/m1/s1. The van der Waals surface area contributed by atoms with E-state index in [0.29, 0.717) is 12.5 Å². The molecule has 1 aromatic heterocycles. The molecule has 1 N–H and O–H groups in total. The molecule has 0 spiro atoms. The quantitative estimate of drug-likeness (QED) is 0.732. The summed E-state index contributed by atoms with van der Waals surface area (Å²) < 4.78 is 8.00. The number of para-hydroxylation sites is 2. The largest absolute Gasteiger partial charge is 0.491 e. The van der Waals surface area contributed by atoms with E-state index in [4.69, 9.17) is 4.74 Å². The number of nitrogens with zero attached hydrogens (tertiary/aromatic N) is 2. The van der Waals surface area contributed by atoms with Crippen LogP contribution >= 0.6 is 0 Å². The lowest BCUT2D eigenvalue weighted by atomic mass is 10.0. The first-order valence-corrected chi connectivity index (χ1v) is 8.79. The number of imidazole rings is 1. The number of benzene rings is 2. The minimum Gasteiger partial charge on any atom is -0.491 e. The smallest absolute Gasteiger partial charge is 0.123 e. The van der Waals surface area contributed by atoms with Crippen LogP contribution in [0.5, 0.6) is 5.75 Å². The second kappa shape index (κ2) is 7.28. The number of rotatable bonds is 6. The van der Waals surface area contributed by atoms with Crippen LogP contribution in [0, 0.1) is 13.8 Å². The van der Waals surface area contributed by atoms with Gasteiger partial charge in [0, 0.05) is 0 Å². The van der Waals surface area contributed by atoms with Gasteiger partial charge in [-0.15, -0.1) is 0 Å². The van der Waals surface area contributed by atoms with Gasteiger partial charge in [-0.2, -0.15) is 0 Å². The molecule has 0 radical (unpaired) electrons. The summed E-state index contributed by atoms with van der Waals surface area (Å²) in [6.45, 7) is 9.04. The molecule has 0 saturated carbocycles. The second-order valence-corrected chi connectivity index (χ2v) is 6.92. The van der Waals surface area contributed by atoms with Crippen molar-refractivity contribution in [3.8, 4) is 5.75 Å². The molecular weight excluding hydrogens is 312 g/mol. The summed E-state index contributed by atoms with van der Waals surface area (Å²) >= 11 is 0. The maximum atomic E-state index is 10.5. The zero-order valence-electron chi connectivity index (χ0n) is 15.4. The molecule has 25 heavy (non-hydrogen) atoms. The van der Waals surface area contributed by atoms with Crippen LogP contribution in [0.3, 0.4) is 0 Å². The van der Waals surface area contributed by atoms with Crippen LogP contribution in [0.4, 0.5) is 0 Å². The van der Waals surface area contributed by atoms with E-state index in [1.807, 2.05) is 48.7 Å². The fourth-order valence-electron chi connectivity index (χ4n) is 3.12. The third-order valence-electron chi connectivity index (χ3n) is 4.46. The number of fused-ring (bicyclic) bond motifs is 1. The van der Waals surface area contributed by atoms with Gasteiger partial charge in [0.15, 0.2) is 0 Å². The first-order valence-electron chi connectivity index (χ1n) is 8.79. The molecule has 0 bridgehead atoms. The molecule has 0 unspecified atom stereocenters. The normalized spacial score (nSPS) is 12.7. The first kappa shape index (κ1) is 17.5. The third kappa shape index (κ3) is 3.85. The molecule has 1 heterocycles. The Morgan fingerprint density at radius 3 is 2.64 bits per heavy atom. The third-order valence-corrected chi connectivity index (χ3v) is 4.46. The van der Waals surface area contributed by atoms with Gasteiger partial charge >= 0.3 is 0 Å². The van der Waals surface area contributed by atoms with Crippen LogP contribution in [-0.4, -0.2) is 27.4 Å². The summed E-state index contributed by atoms with van der Waals surface area (Å²) in [5, 5.41) is 10.5. The van der Waals surface area contributed by atoms with Crippen molar-refractivity contribution in [3.63, 3.8) is 0 Å². The Bertz CT molecular complexity index is 867. The molecule has 0 amide bonds. The monoisotopic (exact) mass is 338 g/mol. The maximum absolute atomic E-state index is 10.5. The topological polar surface area (TPSA) is 47.3 Å². The molecule has 4 nitrogen and oxygen atoms in total. The van der Waals surface area contributed by atoms with Gasteiger partial charge in [0.1, 0.15) is 24.3 Å². The molecule has 0 aliphatic carbocycles. The summed E-state index contributed by atoms with van der Waals surface area (Å²) in [5.74, 6) is 2.15. The molecule has 0 fully saturated rings. The maximum Gasteiger partial charge on any atom is 0.123 e. The fraction of sp³-hybridized carbons (Fsp3) is 0.381. The van der Waals surface area contributed by atoms with Gasteiger partial charge in [-0.1, -0.05) is 38.1 Å². The highest BCUT2D eigenvalue weighted by molar-refractivity contribution is 5.75. The predicted octanol–water partition coefficient (Wildman–Crippen LogP) is 4.22. The number of aromatic nitrogens is 2. The van der Waals surface area contributed by atoms with Crippen molar-refractivity contribution in [2.45, 2.75) is 46.3 Å². The highest BCUT2D eigenvalue weighted by Crippen LogP contribution is 2.27. The van der Waals surface area contributed by atoms with E-state index in [9.17, 15) is 5.11 Å². The zero-order chi connectivity index (χ0) is 18.0. The van der Waals surface area contributed by atoms with Crippen LogP contribution in [0.2, 0.25) is 0 Å². The number of aryl methyl sites for hydroxylation is 2. The van der Waals surface area contributed by atoms with Crippen molar-refractivity contribution in [2.75, 3.05) is 6.61 Å². The summed E-state index contributed by atoms with van der Waals surface area (Å²) in [6.07, 6.45) is -0.600. The van der Waals surface area contributed by atoms with Gasteiger partial charge in [-0.25, -0.2) is 4.98 Å². The Morgan fingerprint density at radius 2 is 1.88 bits per heavy atom. The number of aliphatic hydroxyl groups excluding tert-OH is 1. The van der Waals surface area contributed by atoms with E-state index in [0.717, 1.165) is 28.2 Å². The summed E-state index contributed by atoms with van der Waals surface area (Å²) in [6, 6.07) is 14.2. The summed E-state index contributed by atoms with van der Waals surface area (Å²) in [4.78, 5) is 4.54. The number of hydrogen-bond acceptors (Lipinski definition) is 3. The van der Waals surface area contributed by atoms with Crippen LogP contribution < -0.4 is 4.74 Å². The summed E-state index contributed by atoms with van der Waals surface area (Å²) in [7, 11) is 0. The molecule has 0 saturated heterocycles. The minimum absolute atomic E-state index is 0.259. The lowest BCUT2D eigenvalue weighted by Gasteiger charge is -2.18. The second-order valence-electron chi connectivity index (χ2n) is 6.92. The van der Waals surface area contributed by atoms with Crippen molar-refractivity contribution >= 4 is 11.0 Å². The van der Waals surface area contributed by atoms with Gasteiger partial charge in [0.05, 0.1) is 17.6 Å². The van der Waals surface area contributed by atoms with E-state index in [1.165, 1.54) is 5.56 Å². The van der Waals surface area contributed by atoms with Crippen LogP contribution in [0.1, 0.15) is 36.7 Å². The molecule has 1 atom stereocenters. The predicted molar refractivity (Wildman–Crippen MR) is 101 cm³/mol. The Morgan fingerprint density at radius 1 is 1.12 bits per heavy atom. The Labute approximate surface area is 149 Å². The van der Waals surface area contributed by atoms with E-state index in [2.05, 4.69) is 31.0 Å². The first-order chi connectivity index (χ1) is 12.0. The highest BCUT2D eigenvalue weighted by Gasteiger charge is 2.14. The van der Waals surface area contributed by atoms with Crippen LogP contribution in [0.15, 0.2) is 42.5 Å². The van der Waals surface area contributed by atoms with Crippen molar-refractivity contribution in [1.82, 2.24) is 9.55 Å².